The van der Waals surface area contributed by atoms with Crippen molar-refractivity contribution in [1.29, 1.82) is 0 Å². The molecule has 0 atom stereocenters. The lowest BCUT2D eigenvalue weighted by Crippen LogP contribution is -2.02. The van der Waals surface area contributed by atoms with Crippen LogP contribution in [0, 0.1) is 0 Å². The lowest BCUT2D eigenvalue weighted by Gasteiger charge is -2.12. The normalized spacial score (nSPS) is 11.4. The van der Waals surface area contributed by atoms with E-state index >= 15 is 0 Å². The fourth-order valence-electron chi connectivity index (χ4n) is 13.8. The molecule has 126 heavy (non-hydrogen) atoms. The summed E-state index contributed by atoms with van der Waals surface area (Å²) in [5.74, 6) is 7.36. The van der Waals surface area contributed by atoms with E-state index in [1.54, 1.807) is 7.11 Å². The number of aromatic amines is 3. The smallest absolute Gasteiger partial charge is 0.204 e. The van der Waals surface area contributed by atoms with Crippen LogP contribution < -0.4 is 33.2 Å². The lowest BCUT2D eigenvalue weighted by atomic mass is 10.0. The molecule has 0 aliphatic carbocycles. The first-order valence-corrected chi connectivity index (χ1v) is 40.8. The van der Waals surface area contributed by atoms with Gasteiger partial charge in [-0.05, 0) is 189 Å². The number of rotatable bonds is 28. The molecule has 0 fully saturated rings. The lowest BCUT2D eigenvalue weighted by molar-refractivity contribution is 0.283. The maximum atomic E-state index is 6.02. The second kappa shape index (κ2) is 41.0. The van der Waals surface area contributed by atoms with Gasteiger partial charge in [0.05, 0.1) is 57.7 Å². The van der Waals surface area contributed by atoms with E-state index in [0.29, 0.717) is 75.8 Å². The zero-order valence-electron chi connectivity index (χ0n) is 68.5. The number of ether oxygens (including phenoxy) is 7. The predicted octanol–water partition coefficient (Wildman–Crippen LogP) is 21.0. The van der Waals surface area contributed by atoms with E-state index in [9.17, 15) is 0 Å². The number of benzene rings is 12. The highest BCUT2D eigenvalue weighted by Crippen LogP contribution is 2.33. The molecule has 12 aromatic carbocycles. The molecule has 20 rings (SSSR count). The molecule has 24 nitrogen and oxygen atoms in total. The van der Waals surface area contributed by atoms with Crippen molar-refractivity contribution in [3.8, 4) is 63.0 Å². The first-order chi connectivity index (χ1) is 62.3. The van der Waals surface area contributed by atoms with Crippen molar-refractivity contribution in [2.75, 3.05) is 13.7 Å². The van der Waals surface area contributed by atoms with Gasteiger partial charge in [0.1, 0.15) is 93.4 Å². The number of nitrogens with zero attached hydrogens (tertiary/aromatic N) is 14. The minimum absolute atomic E-state index is 0.392. The molecule has 0 unspecified atom stereocenters. The molecule has 8 heterocycles. The summed E-state index contributed by atoms with van der Waals surface area (Å²) in [5, 5.41) is 43.8. The van der Waals surface area contributed by atoms with Crippen LogP contribution in [0.2, 0.25) is 0 Å². The second-order valence-electron chi connectivity index (χ2n) is 29.1. The van der Waals surface area contributed by atoms with E-state index in [0.717, 1.165) is 158 Å². The zero-order chi connectivity index (χ0) is 85.1. The predicted molar refractivity (Wildman–Crippen MR) is 487 cm³/mol. The Morgan fingerprint density at radius 3 is 1.39 bits per heavy atom. The zero-order valence-corrected chi connectivity index (χ0v) is 68.5. The van der Waals surface area contributed by atoms with Gasteiger partial charge >= 0.3 is 0 Å². The van der Waals surface area contributed by atoms with Crippen LogP contribution in [0.3, 0.4) is 0 Å². The summed E-state index contributed by atoms with van der Waals surface area (Å²) in [6, 6.07) is 111. The average Bonchev–Trinajstić information content (AvgIpc) is 0.892. The third kappa shape index (κ3) is 22.4. The molecule has 0 bridgehead atoms. The Balaban J connectivity index is 0.000000119. The van der Waals surface area contributed by atoms with Gasteiger partial charge in [-0.1, -0.05) is 212 Å². The highest BCUT2D eigenvalue weighted by Gasteiger charge is 2.15. The quantitative estimate of drug-likeness (QED) is 0.0384. The van der Waals surface area contributed by atoms with Crippen LogP contribution in [0.4, 0.5) is 0 Å². The van der Waals surface area contributed by atoms with Crippen molar-refractivity contribution in [2.45, 2.75) is 52.5 Å². The Bertz CT molecular complexity index is 6880. The maximum Gasteiger partial charge on any atom is 0.204 e. The number of hydrogen-bond donors (Lipinski definition) is 3. The first kappa shape index (κ1) is 81.6. The minimum atomic E-state index is 0.392. The van der Waals surface area contributed by atoms with Gasteiger partial charge in [0.2, 0.25) is 5.82 Å². The number of fused-ring (bicyclic) bond motifs is 4. The van der Waals surface area contributed by atoms with Gasteiger partial charge in [0.15, 0.2) is 17.3 Å². The molecular formula is C102H83N17O7. The van der Waals surface area contributed by atoms with Crippen molar-refractivity contribution in [3.05, 3.63) is 419 Å². The Morgan fingerprint density at radius 2 is 0.857 bits per heavy atom. The molecule has 0 spiro atoms. The standard InChI is InChI=1S/C26H22N4O3.C26H22N4O2.C25H19N5O.C25H20N4O/c1-31-24-13-9-20(26-27-17-28-30-26)14-25(24)33-15-18-6-11-22(12-7-18)32-16-21-10-8-19-4-2-3-5-23(19)29-21;1-2-7-21(20(6-1)15-26-27-18-28-30-26)16-31-23-11-13-24(14-12-23)32-17-22-10-9-19-5-3-4-8-25(19)29-22;1-2-7-24-20(5-1)14-15-22(26-24)17-31-23-6-3-4-19(16-23)9-8-18-10-12-21(13-11-18)25-27-29-30-28-25;1-2-7-24-20(5-1)10-11-22(27-24)17-30-23-12-8-18(9-13-23)14-19-4-3-6-21(15-19)25-16-26-29-28-25/h2-14,17H,15-16H2,1H3,(H,27,28,30);1-14,18H,15-17H2,(H,27,28,30);1-16H,17H2,(H,27,28,29,30);1-13,15H,14,16-17H2/b;;9-8+;. The van der Waals surface area contributed by atoms with Crippen LogP contribution in [0.1, 0.15) is 73.1 Å². The highest BCUT2D eigenvalue weighted by atomic mass is 16.5. The SMILES string of the molecule is C(=C\c1cccc(OCc2ccc3ccccc3n2)c1)/c1ccc(-c2nn[nH]n2)cc1.COc1ccc(-c2ncn[nH]2)cc1OCc1ccc(OCc2ccc3ccccc3n2)cc1.c1cc(Cc2ccc(OCc3ccc4ccccc4n3)cc2)cc(C2=NN=NC2)c1.c1ccc(Cc2ncn[nH]2)c(COc2ccc(OCc3ccc4ccccc4n3)cc2)c1. The van der Waals surface area contributed by atoms with E-state index < -0.39 is 0 Å². The molecule has 1 aliphatic heterocycles. The molecular weight excluding hydrogens is 1580 g/mol. The number of H-pyrrole nitrogens is 3. The number of hydrogen-bond acceptors (Lipinski definition) is 21. The fraction of sp³-hybridized carbons (Fsp3) is 0.0980. The molecule has 19 aromatic rings. The van der Waals surface area contributed by atoms with Crippen molar-refractivity contribution >= 4 is 61.5 Å². The number of pyridine rings is 4. The molecule has 1 aliphatic rings. The monoisotopic (exact) mass is 1660 g/mol. The Kier molecular flexibility index (Phi) is 26.6. The van der Waals surface area contributed by atoms with Gasteiger partial charge in [-0.3, -0.25) is 10.2 Å². The second-order valence-corrected chi connectivity index (χ2v) is 29.1. The molecule has 7 aromatic heterocycles. The van der Waals surface area contributed by atoms with Crippen LogP contribution in [0.25, 0.3) is 78.5 Å². The van der Waals surface area contributed by atoms with E-state index in [4.69, 9.17) is 33.2 Å². The van der Waals surface area contributed by atoms with Crippen molar-refractivity contribution < 1.29 is 33.2 Å². The molecule has 0 saturated carbocycles. The van der Waals surface area contributed by atoms with E-state index in [2.05, 4.69) is 190 Å². The maximum absolute atomic E-state index is 6.02. The molecule has 0 radical (unpaired) electrons. The molecule has 3 N–H and O–H groups in total. The molecule has 0 saturated heterocycles. The Hall–Kier alpha value is -16.8. The van der Waals surface area contributed by atoms with Gasteiger partial charge in [0, 0.05) is 44.7 Å². The summed E-state index contributed by atoms with van der Waals surface area (Å²) < 4.78 is 41.2. The van der Waals surface area contributed by atoms with Gasteiger partial charge < -0.3 is 33.2 Å². The number of nitrogens with one attached hydrogen (secondary N) is 3. The van der Waals surface area contributed by atoms with Crippen LogP contribution in [-0.4, -0.2) is 90.3 Å². The van der Waals surface area contributed by atoms with Gasteiger partial charge in [-0.2, -0.15) is 20.5 Å². The van der Waals surface area contributed by atoms with Crippen LogP contribution >= 0.6 is 0 Å². The number of para-hydroxylation sites is 4. The largest absolute Gasteiger partial charge is 0.493 e. The fourth-order valence-corrected chi connectivity index (χ4v) is 13.8. The Labute approximate surface area is 725 Å². The first-order valence-electron chi connectivity index (χ1n) is 40.8. The summed E-state index contributed by atoms with van der Waals surface area (Å²) in [7, 11) is 1.62. The summed E-state index contributed by atoms with van der Waals surface area (Å²) in [6.45, 7) is 3.13. The summed E-state index contributed by atoms with van der Waals surface area (Å²) >= 11 is 0. The van der Waals surface area contributed by atoms with Crippen LogP contribution in [0.5, 0.6) is 40.2 Å². The van der Waals surface area contributed by atoms with Crippen molar-refractivity contribution in [1.82, 2.24) is 70.9 Å². The third-order valence-corrected chi connectivity index (χ3v) is 20.4. The summed E-state index contributed by atoms with van der Waals surface area (Å²) in [5.41, 5.74) is 19.2. The van der Waals surface area contributed by atoms with Gasteiger partial charge in [-0.25, -0.2) is 29.9 Å². The number of methoxy groups -OCH3 is 1. The number of tetrazole rings is 1. The van der Waals surface area contributed by atoms with Crippen molar-refractivity contribution in [3.63, 3.8) is 0 Å². The Morgan fingerprint density at radius 1 is 0.349 bits per heavy atom. The average molecular weight is 1660 g/mol. The third-order valence-electron chi connectivity index (χ3n) is 20.4. The van der Waals surface area contributed by atoms with E-state index in [-0.39, 0.29) is 0 Å². The summed E-state index contributed by atoms with van der Waals surface area (Å²) in [6.07, 6.45) is 8.65. The molecule has 618 valence electrons. The topological polar surface area (TPSA) is 291 Å². The summed E-state index contributed by atoms with van der Waals surface area (Å²) in [4.78, 5) is 27.0. The van der Waals surface area contributed by atoms with E-state index in [1.807, 2.05) is 243 Å². The minimum Gasteiger partial charge on any atom is -0.493 e. The van der Waals surface area contributed by atoms with Crippen LogP contribution in [0.15, 0.2) is 362 Å². The molecule has 0 amide bonds. The number of aromatic nitrogens is 14. The van der Waals surface area contributed by atoms with Gasteiger partial charge in [-0.15, -0.1) is 15.3 Å². The van der Waals surface area contributed by atoms with Gasteiger partial charge in [0.25, 0.3) is 0 Å². The van der Waals surface area contributed by atoms with Crippen molar-refractivity contribution in [2.24, 2.45) is 15.4 Å². The van der Waals surface area contributed by atoms with Crippen LogP contribution in [-0.2, 0) is 52.5 Å². The highest BCUT2D eigenvalue weighted by molar-refractivity contribution is 6.02. The molecule has 24 heteroatoms. The van der Waals surface area contributed by atoms with E-state index in [1.165, 1.54) is 23.8 Å².